The van der Waals surface area contributed by atoms with Crippen molar-refractivity contribution in [1.29, 1.82) is 0 Å². The van der Waals surface area contributed by atoms with Crippen LogP contribution in [0.4, 0.5) is 4.79 Å². The Morgan fingerprint density at radius 1 is 1.05 bits per heavy atom. The summed E-state index contributed by atoms with van der Waals surface area (Å²) in [5, 5.41) is 0. The van der Waals surface area contributed by atoms with Crippen LogP contribution in [-0.4, -0.2) is 97.2 Å². The first-order chi connectivity index (χ1) is 20.8. The number of rotatable bonds is 8. The van der Waals surface area contributed by atoms with E-state index in [1.54, 1.807) is 16.7 Å². The van der Waals surface area contributed by atoms with Crippen LogP contribution < -0.4 is 0 Å². The fourth-order valence-electron chi connectivity index (χ4n) is 7.86. The monoisotopic (exact) mass is 599 g/mol. The predicted molar refractivity (Wildman–Crippen MR) is 160 cm³/mol. The van der Waals surface area contributed by atoms with Crippen molar-refractivity contribution in [3.05, 3.63) is 23.4 Å². The highest BCUT2D eigenvalue weighted by atomic mass is 16.6. The molecule has 4 atom stereocenters. The zero-order chi connectivity index (χ0) is 30.6. The number of fused-ring (bicyclic) bond motifs is 1. The molecule has 0 unspecified atom stereocenters. The van der Waals surface area contributed by atoms with Crippen molar-refractivity contribution in [1.82, 2.24) is 14.7 Å². The smallest absolute Gasteiger partial charge is 0.409 e. The Morgan fingerprint density at radius 2 is 1.77 bits per heavy atom. The van der Waals surface area contributed by atoms with Crippen molar-refractivity contribution in [2.75, 3.05) is 46.4 Å². The highest BCUT2D eigenvalue weighted by molar-refractivity contribution is 5.92. The molecule has 3 heterocycles. The van der Waals surface area contributed by atoms with Gasteiger partial charge in [0.2, 0.25) is 11.8 Å². The number of carbonyl (C=O) groups is 4. The van der Waals surface area contributed by atoms with Crippen LogP contribution in [0.2, 0.25) is 0 Å². The van der Waals surface area contributed by atoms with E-state index in [0.717, 1.165) is 38.5 Å². The maximum absolute atomic E-state index is 14.3. The molecule has 5 aliphatic rings. The molecule has 3 fully saturated rings. The summed E-state index contributed by atoms with van der Waals surface area (Å²) >= 11 is 0. The van der Waals surface area contributed by atoms with Crippen molar-refractivity contribution in [3.63, 3.8) is 0 Å². The average Bonchev–Trinajstić information content (AvgIpc) is 3.57. The molecule has 3 amide bonds. The Hall–Kier alpha value is -2.88. The van der Waals surface area contributed by atoms with Gasteiger partial charge in [-0.05, 0) is 77.2 Å². The van der Waals surface area contributed by atoms with Crippen LogP contribution in [0.5, 0.6) is 0 Å². The number of piperazine rings is 1. The van der Waals surface area contributed by atoms with Crippen LogP contribution in [0.3, 0.4) is 0 Å². The lowest BCUT2D eigenvalue weighted by atomic mass is 9.66. The molecule has 10 nitrogen and oxygen atoms in total. The molecule has 0 aromatic rings. The summed E-state index contributed by atoms with van der Waals surface area (Å²) in [6, 6.07) is 0. The fourth-order valence-corrected chi connectivity index (χ4v) is 7.86. The molecule has 0 N–H and O–H groups in total. The molecule has 2 aliphatic carbocycles. The quantitative estimate of drug-likeness (QED) is 0.300. The third-order valence-electron chi connectivity index (χ3n) is 10.3. The maximum atomic E-state index is 14.3. The molecular formula is C33H49N3O7. The average molecular weight is 600 g/mol. The standard InChI is InChI=1S/C33H49N3O7/c1-4-42-32(40)35-18-16-34(17-19-35)29(37)20-26-22-33(31(39)41-3)23(2)43-27(25-12-8-9-13-25)21-28(33)36(30(26)38)15-14-24-10-6-5-7-11-24/h10,21,23,25-27H,4-9,11-20,22H2,1-3H3/t23-,26+,27-,33+/m1/s1. The van der Waals surface area contributed by atoms with E-state index in [1.165, 1.54) is 31.9 Å². The summed E-state index contributed by atoms with van der Waals surface area (Å²) < 4.78 is 17.1. The van der Waals surface area contributed by atoms with Crippen LogP contribution in [0.15, 0.2) is 23.4 Å². The van der Waals surface area contributed by atoms with Crippen molar-refractivity contribution >= 4 is 23.9 Å². The number of methoxy groups -OCH3 is 1. The molecule has 43 heavy (non-hydrogen) atoms. The van der Waals surface area contributed by atoms with E-state index in [4.69, 9.17) is 14.2 Å². The first-order valence-corrected chi connectivity index (χ1v) is 16.4. The third kappa shape index (κ3) is 6.49. The molecule has 5 rings (SSSR count). The van der Waals surface area contributed by atoms with Crippen LogP contribution in [-0.2, 0) is 28.6 Å². The maximum Gasteiger partial charge on any atom is 0.409 e. The lowest BCUT2D eigenvalue weighted by Gasteiger charge is -2.52. The van der Waals surface area contributed by atoms with Crippen LogP contribution >= 0.6 is 0 Å². The minimum absolute atomic E-state index is 0.00222. The van der Waals surface area contributed by atoms with Gasteiger partial charge in [0.25, 0.3) is 0 Å². The van der Waals surface area contributed by atoms with Gasteiger partial charge in [-0.15, -0.1) is 0 Å². The first-order valence-electron chi connectivity index (χ1n) is 16.4. The van der Waals surface area contributed by atoms with Gasteiger partial charge in [-0.3, -0.25) is 14.4 Å². The molecule has 0 aromatic carbocycles. The summed E-state index contributed by atoms with van der Waals surface area (Å²) in [6.45, 7) is 6.01. The van der Waals surface area contributed by atoms with Gasteiger partial charge in [-0.1, -0.05) is 24.5 Å². The minimum Gasteiger partial charge on any atom is -0.468 e. The summed E-state index contributed by atoms with van der Waals surface area (Å²) in [5.74, 6) is -0.958. The van der Waals surface area contributed by atoms with Crippen molar-refractivity contribution < 1.29 is 33.4 Å². The second-order valence-corrected chi connectivity index (χ2v) is 12.8. The summed E-state index contributed by atoms with van der Waals surface area (Å²) in [6.07, 6.45) is 13.2. The van der Waals surface area contributed by atoms with Gasteiger partial charge in [0.15, 0.2) is 0 Å². The molecule has 238 valence electrons. The Morgan fingerprint density at radius 3 is 2.42 bits per heavy atom. The lowest BCUT2D eigenvalue weighted by molar-refractivity contribution is -0.178. The summed E-state index contributed by atoms with van der Waals surface area (Å²) in [5.41, 5.74) is 0.906. The van der Waals surface area contributed by atoms with Crippen LogP contribution in [0.1, 0.15) is 84.5 Å². The number of nitrogens with zero attached hydrogens (tertiary/aromatic N) is 3. The second kappa shape index (κ2) is 13.8. The topological polar surface area (TPSA) is 106 Å². The van der Waals surface area contributed by atoms with Crippen molar-refractivity contribution in [2.45, 2.75) is 96.7 Å². The molecule has 10 heteroatoms. The van der Waals surface area contributed by atoms with Gasteiger partial charge < -0.3 is 28.9 Å². The number of piperidine rings is 1. The lowest BCUT2D eigenvalue weighted by Crippen LogP contribution is -2.61. The number of allylic oxidation sites excluding steroid dienone is 1. The number of hydrogen-bond donors (Lipinski definition) is 0. The van der Waals surface area contributed by atoms with Crippen LogP contribution in [0, 0.1) is 17.3 Å². The Labute approximate surface area is 255 Å². The molecule has 1 saturated carbocycles. The van der Waals surface area contributed by atoms with Gasteiger partial charge in [0.05, 0.1) is 25.9 Å². The van der Waals surface area contributed by atoms with Crippen molar-refractivity contribution in [3.8, 4) is 0 Å². The number of carbonyl (C=O) groups excluding carboxylic acids is 4. The number of likely N-dealkylation sites (tertiary alicyclic amines) is 1. The van der Waals surface area contributed by atoms with Gasteiger partial charge in [0, 0.05) is 50.8 Å². The minimum atomic E-state index is -1.16. The highest BCUT2D eigenvalue weighted by Gasteiger charge is 2.60. The summed E-state index contributed by atoms with van der Waals surface area (Å²) in [7, 11) is 1.39. The van der Waals surface area contributed by atoms with Crippen LogP contribution in [0.25, 0.3) is 0 Å². The number of ether oxygens (including phenoxy) is 3. The van der Waals surface area contributed by atoms with Gasteiger partial charge >= 0.3 is 12.1 Å². The Kier molecular flexibility index (Phi) is 10.1. The van der Waals surface area contributed by atoms with Gasteiger partial charge in [-0.2, -0.15) is 0 Å². The Balaban J connectivity index is 1.40. The number of amides is 3. The van der Waals surface area contributed by atoms with E-state index in [2.05, 4.69) is 6.08 Å². The number of esters is 1. The molecule has 0 aromatic heterocycles. The molecule has 0 spiro atoms. The zero-order valence-electron chi connectivity index (χ0n) is 26.2. The van der Waals surface area contributed by atoms with E-state index < -0.39 is 23.4 Å². The van der Waals surface area contributed by atoms with E-state index >= 15 is 0 Å². The normalized spacial score (nSPS) is 30.0. The van der Waals surface area contributed by atoms with E-state index in [0.29, 0.717) is 50.9 Å². The molecule has 3 aliphatic heterocycles. The van der Waals surface area contributed by atoms with E-state index in [9.17, 15) is 19.2 Å². The Bertz CT molecular complexity index is 1120. The second-order valence-electron chi connectivity index (χ2n) is 12.8. The molecule has 0 radical (unpaired) electrons. The zero-order valence-corrected chi connectivity index (χ0v) is 26.2. The highest BCUT2D eigenvalue weighted by Crippen LogP contribution is 2.52. The SMILES string of the molecule is CCOC(=O)N1CCN(C(=O)C[C@H]2C[C@@]3(C(=O)OC)C(=C[C@H](C4CCCC4)O[C@@H]3C)N(CCC3=CCCCC3)C2=O)CC1. The fraction of sp³-hybridized carbons (Fsp3) is 0.758. The predicted octanol–water partition coefficient (Wildman–Crippen LogP) is 4.44. The molecule has 0 bridgehead atoms. The number of hydrogen-bond acceptors (Lipinski definition) is 7. The van der Waals surface area contributed by atoms with E-state index in [1.807, 2.05) is 17.9 Å². The van der Waals surface area contributed by atoms with Crippen molar-refractivity contribution in [2.24, 2.45) is 17.3 Å². The summed E-state index contributed by atoms with van der Waals surface area (Å²) in [4.78, 5) is 58.9. The largest absolute Gasteiger partial charge is 0.468 e. The van der Waals surface area contributed by atoms with Gasteiger partial charge in [-0.25, -0.2) is 4.79 Å². The molecular weight excluding hydrogens is 550 g/mol. The molecule has 2 saturated heterocycles. The van der Waals surface area contributed by atoms with Gasteiger partial charge in [0.1, 0.15) is 5.41 Å². The third-order valence-corrected chi connectivity index (χ3v) is 10.3. The van der Waals surface area contributed by atoms with E-state index in [-0.39, 0.29) is 36.9 Å². The first kappa shape index (κ1) is 31.5.